The van der Waals surface area contributed by atoms with Gasteiger partial charge < -0.3 is 9.64 Å². The molecule has 134 valence electrons. The molecule has 1 aromatic carbocycles. The van der Waals surface area contributed by atoms with Crippen LogP contribution in [-0.2, 0) is 14.8 Å². The average molecular weight is 354 g/mol. The highest BCUT2D eigenvalue weighted by molar-refractivity contribution is 7.89. The molecule has 1 aliphatic heterocycles. The zero-order valence-corrected chi connectivity index (χ0v) is 15.6. The van der Waals surface area contributed by atoms with E-state index in [-0.39, 0.29) is 10.8 Å². The monoisotopic (exact) mass is 354 g/mol. The van der Waals surface area contributed by atoms with E-state index in [9.17, 15) is 13.2 Å². The third-order valence-corrected chi connectivity index (χ3v) is 6.60. The van der Waals surface area contributed by atoms with Crippen molar-refractivity contribution in [1.82, 2.24) is 9.21 Å². The molecule has 0 spiro atoms. The topological polar surface area (TPSA) is 66.9 Å². The number of carbonyl (C=O) groups excluding carboxylic acids is 1. The molecule has 1 amide bonds. The second kappa shape index (κ2) is 7.53. The fourth-order valence-electron chi connectivity index (χ4n) is 3.13. The van der Waals surface area contributed by atoms with E-state index < -0.39 is 16.1 Å². The number of benzene rings is 1. The highest BCUT2D eigenvalue weighted by Gasteiger charge is 2.41. The van der Waals surface area contributed by atoms with Crippen molar-refractivity contribution in [2.75, 3.05) is 26.7 Å². The van der Waals surface area contributed by atoms with Gasteiger partial charge in [-0.1, -0.05) is 6.07 Å². The molecule has 6 nitrogen and oxygen atoms in total. The maximum atomic E-state index is 13.1. The molecular weight excluding hydrogens is 328 g/mol. The van der Waals surface area contributed by atoms with Crippen LogP contribution in [0.4, 0.5) is 0 Å². The Hall–Kier alpha value is -1.60. The van der Waals surface area contributed by atoms with Gasteiger partial charge in [0, 0.05) is 25.7 Å². The predicted octanol–water partition coefficient (Wildman–Crippen LogP) is 2.03. The molecule has 0 bridgehead atoms. The van der Waals surface area contributed by atoms with Crippen molar-refractivity contribution >= 4 is 15.9 Å². The first-order valence-electron chi connectivity index (χ1n) is 8.32. The number of hydrogen-bond acceptors (Lipinski definition) is 4. The lowest BCUT2D eigenvalue weighted by molar-refractivity contribution is -0.134. The number of amides is 1. The van der Waals surface area contributed by atoms with Gasteiger partial charge >= 0.3 is 0 Å². The molecule has 1 aromatic rings. The zero-order chi connectivity index (χ0) is 17.9. The van der Waals surface area contributed by atoms with Gasteiger partial charge in [0.15, 0.2) is 0 Å². The van der Waals surface area contributed by atoms with Gasteiger partial charge in [0.05, 0.1) is 12.0 Å². The van der Waals surface area contributed by atoms with Crippen molar-refractivity contribution in [2.45, 2.75) is 44.6 Å². The van der Waals surface area contributed by atoms with Crippen molar-refractivity contribution in [3.8, 4) is 5.75 Å². The Labute approximate surface area is 144 Å². The minimum absolute atomic E-state index is 0.110. The zero-order valence-electron chi connectivity index (χ0n) is 14.8. The van der Waals surface area contributed by atoms with Gasteiger partial charge in [0.1, 0.15) is 11.8 Å². The van der Waals surface area contributed by atoms with Gasteiger partial charge in [-0.15, -0.1) is 0 Å². The minimum atomic E-state index is -3.74. The van der Waals surface area contributed by atoms with E-state index >= 15 is 0 Å². The predicted molar refractivity (Wildman–Crippen MR) is 92.6 cm³/mol. The Kier molecular flexibility index (Phi) is 5.87. The molecule has 2 rings (SSSR count). The number of nitrogens with zero attached hydrogens (tertiary/aromatic N) is 2. The van der Waals surface area contributed by atoms with Crippen LogP contribution in [0.5, 0.6) is 5.75 Å². The summed E-state index contributed by atoms with van der Waals surface area (Å²) >= 11 is 0. The lowest BCUT2D eigenvalue weighted by Crippen LogP contribution is -2.47. The highest BCUT2D eigenvalue weighted by atomic mass is 32.2. The van der Waals surface area contributed by atoms with Crippen molar-refractivity contribution in [2.24, 2.45) is 0 Å². The fraction of sp³-hybridized carbons (Fsp3) is 0.588. The van der Waals surface area contributed by atoms with Gasteiger partial charge in [0.2, 0.25) is 15.9 Å². The molecule has 0 radical (unpaired) electrons. The van der Waals surface area contributed by atoms with Gasteiger partial charge in [-0.25, -0.2) is 8.42 Å². The highest BCUT2D eigenvalue weighted by Crippen LogP contribution is 2.30. The first-order chi connectivity index (χ1) is 11.4. The Morgan fingerprint density at radius 3 is 2.58 bits per heavy atom. The summed E-state index contributed by atoms with van der Waals surface area (Å²) in [6, 6.07) is 4.38. The van der Waals surface area contributed by atoms with Crippen molar-refractivity contribution in [3.05, 3.63) is 23.8 Å². The Bertz CT molecular complexity index is 699. The molecular formula is C17H26N2O4S. The quantitative estimate of drug-likeness (QED) is 0.784. The second-order valence-electron chi connectivity index (χ2n) is 5.92. The van der Waals surface area contributed by atoms with Crippen molar-refractivity contribution < 1.29 is 17.9 Å². The number of ether oxygens (including phenoxy) is 1. The summed E-state index contributed by atoms with van der Waals surface area (Å²) in [7, 11) is -2.24. The minimum Gasteiger partial charge on any atom is -0.497 e. The normalized spacial score (nSPS) is 18.6. The molecule has 1 heterocycles. The fourth-order valence-corrected chi connectivity index (χ4v) is 5.03. The Morgan fingerprint density at radius 2 is 2.00 bits per heavy atom. The summed E-state index contributed by atoms with van der Waals surface area (Å²) in [6.07, 6.45) is 1.26. The van der Waals surface area contributed by atoms with Crippen LogP contribution in [0.25, 0.3) is 0 Å². The summed E-state index contributed by atoms with van der Waals surface area (Å²) in [4.78, 5) is 14.6. The number of methoxy groups -OCH3 is 1. The van der Waals surface area contributed by atoms with Crippen LogP contribution in [0, 0.1) is 6.92 Å². The summed E-state index contributed by atoms with van der Waals surface area (Å²) in [5.41, 5.74) is 0.650. The smallest absolute Gasteiger partial charge is 0.244 e. The molecule has 1 aliphatic rings. The summed E-state index contributed by atoms with van der Waals surface area (Å²) in [6.45, 7) is 7.10. The van der Waals surface area contributed by atoms with E-state index in [1.165, 1.54) is 17.5 Å². The molecule has 0 saturated carbocycles. The second-order valence-corrected chi connectivity index (χ2v) is 7.77. The molecule has 24 heavy (non-hydrogen) atoms. The van der Waals surface area contributed by atoms with Crippen LogP contribution in [0.2, 0.25) is 0 Å². The standard InChI is InChI=1S/C17H26N2O4S/c1-5-18(6-2)17(20)15-8-7-11-19(15)24(21,22)16-12-14(23-4)10-9-13(16)3/h9-10,12,15H,5-8,11H2,1-4H3/t15-/m1/s1. The van der Waals surface area contributed by atoms with Crippen LogP contribution in [0.3, 0.4) is 0 Å². The van der Waals surface area contributed by atoms with Crippen LogP contribution < -0.4 is 4.74 Å². The molecule has 0 aromatic heterocycles. The van der Waals surface area contributed by atoms with Crippen molar-refractivity contribution in [1.29, 1.82) is 0 Å². The first kappa shape index (κ1) is 18.7. The molecule has 1 fully saturated rings. The van der Waals surface area contributed by atoms with Gasteiger partial charge in [-0.3, -0.25) is 4.79 Å². The van der Waals surface area contributed by atoms with Crippen LogP contribution >= 0.6 is 0 Å². The number of sulfonamides is 1. The van der Waals surface area contributed by atoms with E-state index in [1.54, 1.807) is 24.0 Å². The third-order valence-electron chi connectivity index (χ3n) is 4.55. The largest absolute Gasteiger partial charge is 0.497 e. The molecule has 1 saturated heterocycles. The molecule has 0 unspecified atom stereocenters. The van der Waals surface area contributed by atoms with Crippen molar-refractivity contribution in [3.63, 3.8) is 0 Å². The molecule has 0 N–H and O–H groups in total. The summed E-state index contributed by atoms with van der Waals surface area (Å²) < 4.78 is 32.8. The number of rotatable bonds is 6. The summed E-state index contributed by atoms with van der Waals surface area (Å²) in [5, 5.41) is 0. The Balaban J connectivity index is 2.39. The number of carbonyl (C=O) groups is 1. The maximum absolute atomic E-state index is 13.1. The van der Waals surface area contributed by atoms with Crippen LogP contribution in [0.15, 0.2) is 23.1 Å². The number of hydrogen-bond donors (Lipinski definition) is 0. The van der Waals surface area contributed by atoms with Crippen LogP contribution in [0.1, 0.15) is 32.3 Å². The van der Waals surface area contributed by atoms with Gasteiger partial charge in [-0.2, -0.15) is 4.31 Å². The molecule has 0 aliphatic carbocycles. The molecule has 7 heteroatoms. The summed E-state index contributed by atoms with van der Waals surface area (Å²) in [5.74, 6) is 0.381. The van der Waals surface area contributed by atoms with E-state index in [1.807, 2.05) is 13.8 Å². The number of likely N-dealkylation sites (N-methyl/N-ethyl adjacent to an activating group) is 1. The van der Waals surface area contributed by atoms with Gasteiger partial charge in [0.25, 0.3) is 0 Å². The maximum Gasteiger partial charge on any atom is 0.244 e. The van der Waals surface area contributed by atoms with E-state index in [2.05, 4.69) is 0 Å². The van der Waals surface area contributed by atoms with E-state index in [0.717, 1.165) is 0 Å². The first-order valence-corrected chi connectivity index (χ1v) is 9.76. The molecule has 1 atom stereocenters. The lowest BCUT2D eigenvalue weighted by atomic mass is 10.2. The average Bonchev–Trinajstić information content (AvgIpc) is 3.06. The Morgan fingerprint density at radius 1 is 1.33 bits per heavy atom. The van der Waals surface area contributed by atoms with Gasteiger partial charge in [-0.05, 0) is 45.2 Å². The van der Waals surface area contributed by atoms with E-state index in [4.69, 9.17) is 4.74 Å². The van der Waals surface area contributed by atoms with Crippen LogP contribution in [-0.4, -0.2) is 56.3 Å². The SMILES string of the molecule is CCN(CC)C(=O)[C@H]1CCCN1S(=O)(=O)c1cc(OC)ccc1C. The number of aryl methyl sites for hydroxylation is 1. The van der Waals surface area contributed by atoms with E-state index in [0.29, 0.717) is 43.8 Å². The lowest BCUT2D eigenvalue weighted by Gasteiger charge is -2.28. The third kappa shape index (κ3) is 3.42.